The van der Waals surface area contributed by atoms with Crippen LogP contribution in [0.25, 0.3) is 10.9 Å². The third-order valence-corrected chi connectivity index (χ3v) is 5.88. The summed E-state index contributed by atoms with van der Waals surface area (Å²) < 4.78 is 7.31. The molecule has 0 atom stereocenters. The van der Waals surface area contributed by atoms with E-state index < -0.39 is 0 Å². The van der Waals surface area contributed by atoms with E-state index in [1.807, 2.05) is 70.3 Å². The zero-order valence-electron chi connectivity index (χ0n) is 16.0. The predicted molar refractivity (Wildman–Crippen MR) is 115 cm³/mol. The number of amides is 2. The van der Waals surface area contributed by atoms with Crippen LogP contribution in [0, 0.1) is 0 Å². The lowest BCUT2D eigenvalue weighted by atomic mass is 10.2. The van der Waals surface area contributed by atoms with Crippen molar-refractivity contribution >= 4 is 40.2 Å². The lowest BCUT2D eigenvalue weighted by molar-refractivity contribution is -0.135. The molecule has 0 aliphatic carbocycles. The maximum absolute atomic E-state index is 12.7. The second-order valence-electron chi connectivity index (χ2n) is 6.83. The van der Waals surface area contributed by atoms with E-state index in [9.17, 15) is 9.59 Å². The Bertz CT molecular complexity index is 997. The van der Waals surface area contributed by atoms with Crippen molar-refractivity contribution in [3.8, 4) is 0 Å². The van der Waals surface area contributed by atoms with Gasteiger partial charge in [0.05, 0.1) is 19.0 Å². The van der Waals surface area contributed by atoms with Crippen LogP contribution in [-0.4, -0.2) is 53.3 Å². The molecule has 4 rings (SSSR count). The molecule has 0 unspecified atom stereocenters. The molecule has 6 nitrogen and oxygen atoms in total. The lowest BCUT2D eigenvalue weighted by Crippen LogP contribution is -2.42. The number of ether oxygens (including phenoxy) is 1. The second kappa shape index (κ2) is 9.15. The molecule has 0 saturated carbocycles. The van der Waals surface area contributed by atoms with Crippen LogP contribution in [0.3, 0.4) is 0 Å². The Morgan fingerprint density at radius 2 is 1.72 bits per heavy atom. The summed E-state index contributed by atoms with van der Waals surface area (Å²) in [5.74, 6) is 0.343. The molecule has 29 heavy (non-hydrogen) atoms. The fourth-order valence-electron chi connectivity index (χ4n) is 3.38. The molecule has 3 aromatic rings. The minimum atomic E-state index is -0.0533. The van der Waals surface area contributed by atoms with Crippen LogP contribution >= 0.6 is 11.8 Å². The number of carbonyl (C=O) groups excluding carboxylic acids is 2. The molecule has 1 fully saturated rings. The number of hydrogen-bond donors (Lipinski definition) is 1. The van der Waals surface area contributed by atoms with Crippen molar-refractivity contribution in [2.45, 2.75) is 11.4 Å². The molecule has 2 heterocycles. The number of para-hydroxylation sites is 2. The van der Waals surface area contributed by atoms with Crippen LogP contribution in [0.15, 0.2) is 65.7 Å². The maximum Gasteiger partial charge on any atom is 0.242 e. The Balaban J connectivity index is 1.45. The van der Waals surface area contributed by atoms with Gasteiger partial charge in [-0.3, -0.25) is 9.59 Å². The number of benzene rings is 2. The molecular weight excluding hydrogens is 386 g/mol. The van der Waals surface area contributed by atoms with Gasteiger partial charge in [-0.05, 0) is 18.2 Å². The number of thioether (sulfide) groups is 1. The van der Waals surface area contributed by atoms with Crippen LogP contribution in [0.5, 0.6) is 0 Å². The highest BCUT2D eigenvalue weighted by Gasteiger charge is 2.19. The van der Waals surface area contributed by atoms with Gasteiger partial charge >= 0.3 is 0 Å². The predicted octanol–water partition coefficient (Wildman–Crippen LogP) is 3.23. The first-order valence-corrected chi connectivity index (χ1v) is 10.6. The number of anilines is 1. The van der Waals surface area contributed by atoms with Crippen molar-refractivity contribution < 1.29 is 14.3 Å². The minimum Gasteiger partial charge on any atom is -0.378 e. The number of morpholine rings is 1. The van der Waals surface area contributed by atoms with Crippen molar-refractivity contribution in [3.63, 3.8) is 0 Å². The van der Waals surface area contributed by atoms with Crippen LogP contribution in [0.1, 0.15) is 0 Å². The number of rotatable bonds is 6. The first-order chi connectivity index (χ1) is 14.2. The van der Waals surface area contributed by atoms with Gasteiger partial charge in [-0.1, -0.05) is 36.4 Å². The van der Waals surface area contributed by atoms with Crippen molar-refractivity contribution in [1.29, 1.82) is 0 Å². The highest BCUT2D eigenvalue weighted by Crippen LogP contribution is 2.30. The average Bonchev–Trinajstić information content (AvgIpc) is 3.11. The molecule has 1 aromatic heterocycles. The summed E-state index contributed by atoms with van der Waals surface area (Å²) in [5, 5.41) is 3.96. The highest BCUT2D eigenvalue weighted by atomic mass is 32.2. The van der Waals surface area contributed by atoms with E-state index in [1.54, 1.807) is 0 Å². The summed E-state index contributed by atoms with van der Waals surface area (Å²) >= 11 is 1.48. The zero-order valence-corrected chi connectivity index (χ0v) is 16.9. The van der Waals surface area contributed by atoms with Crippen molar-refractivity contribution in [2.75, 3.05) is 37.4 Å². The molecular formula is C22H23N3O3S. The molecule has 150 valence electrons. The number of nitrogens with zero attached hydrogens (tertiary/aromatic N) is 2. The SMILES string of the molecule is O=C(CSc1cn(CC(=O)N2CCOCC2)c2ccccc12)Nc1ccccc1. The van der Waals surface area contributed by atoms with E-state index in [4.69, 9.17) is 4.74 Å². The van der Waals surface area contributed by atoms with Gasteiger partial charge in [0.25, 0.3) is 0 Å². The Kier molecular flexibility index (Phi) is 6.17. The van der Waals surface area contributed by atoms with Gasteiger partial charge in [-0.2, -0.15) is 0 Å². The van der Waals surface area contributed by atoms with Crippen LogP contribution in [-0.2, 0) is 20.9 Å². The van der Waals surface area contributed by atoms with Gasteiger partial charge < -0.3 is 19.5 Å². The third kappa shape index (κ3) is 4.81. The minimum absolute atomic E-state index is 0.0533. The van der Waals surface area contributed by atoms with E-state index in [0.29, 0.717) is 32.1 Å². The monoisotopic (exact) mass is 409 g/mol. The molecule has 0 spiro atoms. The van der Waals surface area contributed by atoms with Gasteiger partial charge in [0.15, 0.2) is 0 Å². The lowest BCUT2D eigenvalue weighted by Gasteiger charge is -2.27. The summed E-state index contributed by atoms with van der Waals surface area (Å²) in [6, 6.07) is 17.4. The summed E-state index contributed by atoms with van der Waals surface area (Å²) in [6.45, 7) is 2.75. The van der Waals surface area contributed by atoms with Gasteiger partial charge in [0.2, 0.25) is 11.8 Å². The fraction of sp³-hybridized carbons (Fsp3) is 0.273. The van der Waals surface area contributed by atoms with Crippen LogP contribution < -0.4 is 5.32 Å². The number of carbonyl (C=O) groups is 2. The molecule has 1 aliphatic heterocycles. The summed E-state index contributed by atoms with van der Waals surface area (Å²) in [6.07, 6.45) is 1.98. The first kappa shape index (κ1) is 19.5. The van der Waals surface area contributed by atoms with Crippen molar-refractivity contribution in [2.24, 2.45) is 0 Å². The standard InChI is InChI=1S/C22H23N3O3S/c26-21(23-17-6-2-1-3-7-17)16-29-20-14-25(19-9-5-4-8-18(19)20)15-22(27)24-10-12-28-13-11-24/h1-9,14H,10-13,15-16H2,(H,23,26). The van der Waals surface area contributed by atoms with Crippen LogP contribution in [0.2, 0.25) is 0 Å². The van der Waals surface area contributed by atoms with E-state index in [2.05, 4.69) is 5.32 Å². The summed E-state index contributed by atoms with van der Waals surface area (Å²) in [5.41, 5.74) is 1.79. The Morgan fingerprint density at radius 1 is 1.00 bits per heavy atom. The number of hydrogen-bond acceptors (Lipinski definition) is 4. The number of aromatic nitrogens is 1. The highest BCUT2D eigenvalue weighted by molar-refractivity contribution is 8.00. The smallest absolute Gasteiger partial charge is 0.242 e. The Hall–Kier alpha value is -2.77. The number of nitrogens with one attached hydrogen (secondary N) is 1. The van der Waals surface area contributed by atoms with Gasteiger partial charge in [-0.15, -0.1) is 11.8 Å². The molecule has 1 N–H and O–H groups in total. The normalized spacial score (nSPS) is 14.1. The van der Waals surface area contributed by atoms with Gasteiger partial charge in [-0.25, -0.2) is 0 Å². The van der Waals surface area contributed by atoms with E-state index in [1.165, 1.54) is 11.8 Å². The second-order valence-corrected chi connectivity index (χ2v) is 7.85. The zero-order chi connectivity index (χ0) is 20.1. The molecule has 2 amide bonds. The average molecular weight is 410 g/mol. The van der Waals surface area contributed by atoms with E-state index in [-0.39, 0.29) is 18.4 Å². The van der Waals surface area contributed by atoms with Gasteiger partial charge in [0, 0.05) is 40.8 Å². The molecule has 7 heteroatoms. The molecule has 1 saturated heterocycles. The first-order valence-electron chi connectivity index (χ1n) is 9.62. The Labute approximate surface area is 173 Å². The topological polar surface area (TPSA) is 63.6 Å². The number of fused-ring (bicyclic) bond motifs is 1. The third-order valence-electron chi connectivity index (χ3n) is 4.84. The van der Waals surface area contributed by atoms with Crippen molar-refractivity contribution in [1.82, 2.24) is 9.47 Å². The molecule has 0 radical (unpaired) electrons. The molecule has 2 aromatic carbocycles. The quantitative estimate of drug-likeness (QED) is 0.635. The van der Waals surface area contributed by atoms with Crippen molar-refractivity contribution in [3.05, 3.63) is 60.8 Å². The largest absolute Gasteiger partial charge is 0.378 e. The summed E-state index contributed by atoms with van der Waals surface area (Å²) in [7, 11) is 0. The summed E-state index contributed by atoms with van der Waals surface area (Å²) in [4.78, 5) is 27.8. The maximum atomic E-state index is 12.7. The van der Waals surface area contributed by atoms with Crippen LogP contribution in [0.4, 0.5) is 5.69 Å². The Morgan fingerprint density at radius 3 is 2.52 bits per heavy atom. The fourth-order valence-corrected chi connectivity index (χ4v) is 4.27. The molecule has 1 aliphatic rings. The van der Waals surface area contributed by atoms with Gasteiger partial charge in [0.1, 0.15) is 6.54 Å². The van der Waals surface area contributed by atoms with E-state index in [0.717, 1.165) is 21.5 Å². The molecule has 0 bridgehead atoms. The van der Waals surface area contributed by atoms with E-state index >= 15 is 0 Å².